The summed E-state index contributed by atoms with van der Waals surface area (Å²) >= 11 is 0. The van der Waals surface area contributed by atoms with Crippen molar-refractivity contribution >= 4 is 7.82 Å². The molecule has 0 bridgehead atoms. The van der Waals surface area contributed by atoms with Gasteiger partial charge in [0, 0.05) is 14.2 Å². The van der Waals surface area contributed by atoms with Crippen LogP contribution in [0.15, 0.2) is 72.8 Å². The maximum absolute atomic E-state index is 12.0. The highest BCUT2D eigenvalue weighted by Crippen LogP contribution is 2.48. The zero-order chi connectivity index (χ0) is 21.4. The summed E-state index contributed by atoms with van der Waals surface area (Å²) in [5, 5.41) is 9.42. The van der Waals surface area contributed by atoms with Crippen LogP contribution in [-0.2, 0) is 38.0 Å². The van der Waals surface area contributed by atoms with Gasteiger partial charge < -0.3 is 9.84 Å². The zero-order valence-electron chi connectivity index (χ0n) is 17.0. The summed E-state index contributed by atoms with van der Waals surface area (Å²) in [6.45, 7) is 0.489. The Morgan fingerprint density at radius 2 is 1.50 bits per heavy atom. The third-order valence-electron chi connectivity index (χ3n) is 4.63. The van der Waals surface area contributed by atoms with Gasteiger partial charge in [-0.15, -0.1) is 0 Å². The first-order chi connectivity index (χ1) is 14.6. The minimum absolute atomic E-state index is 0.0112. The normalized spacial score (nSPS) is 11.4. The quantitative estimate of drug-likeness (QED) is 0.439. The molecule has 0 heterocycles. The second kappa shape index (κ2) is 10.5. The Kier molecular flexibility index (Phi) is 7.80. The Labute approximate surface area is 176 Å². The average Bonchev–Trinajstić information content (AvgIpc) is 2.82. The molecule has 3 aromatic rings. The fraction of sp³-hybridized carbons (Fsp3) is 0.217. The van der Waals surface area contributed by atoms with Crippen LogP contribution < -0.4 is 4.74 Å². The molecule has 0 unspecified atom stereocenters. The van der Waals surface area contributed by atoms with Gasteiger partial charge in [-0.3, -0.25) is 13.6 Å². The van der Waals surface area contributed by atoms with Crippen LogP contribution in [0.2, 0.25) is 0 Å². The highest BCUT2D eigenvalue weighted by atomic mass is 31.2. The van der Waals surface area contributed by atoms with E-state index in [1.165, 1.54) is 14.2 Å². The van der Waals surface area contributed by atoms with E-state index in [9.17, 15) is 9.67 Å². The van der Waals surface area contributed by atoms with E-state index in [4.69, 9.17) is 18.3 Å². The molecule has 0 saturated carbocycles. The molecule has 30 heavy (non-hydrogen) atoms. The van der Waals surface area contributed by atoms with Crippen molar-refractivity contribution < 1.29 is 28.0 Å². The minimum Gasteiger partial charge on any atom is -0.489 e. The lowest BCUT2D eigenvalue weighted by atomic mass is 10.0. The first-order valence-corrected chi connectivity index (χ1v) is 10.9. The summed E-state index contributed by atoms with van der Waals surface area (Å²) in [6, 6.07) is 23.2. The van der Waals surface area contributed by atoms with Crippen molar-refractivity contribution in [1.82, 2.24) is 0 Å². The topological polar surface area (TPSA) is 74.2 Å². The first kappa shape index (κ1) is 22.2. The third-order valence-corrected chi connectivity index (χ3v) is 5.97. The van der Waals surface area contributed by atoms with Crippen LogP contribution in [0.3, 0.4) is 0 Å². The van der Waals surface area contributed by atoms with Crippen molar-refractivity contribution in [3.05, 3.63) is 89.5 Å². The molecule has 0 amide bonds. The monoisotopic (exact) mass is 428 g/mol. The number of rotatable bonds is 10. The number of hydrogen-bond acceptors (Lipinski definition) is 6. The van der Waals surface area contributed by atoms with Crippen LogP contribution in [0, 0.1) is 0 Å². The maximum Gasteiger partial charge on any atom is 0.474 e. The first-order valence-electron chi connectivity index (χ1n) is 9.43. The molecular formula is C23H25O6P. The lowest BCUT2D eigenvalue weighted by Gasteiger charge is -2.14. The average molecular weight is 428 g/mol. The number of ether oxygens (including phenoxy) is 1. The SMILES string of the molecule is COP(=O)(OC)OCc1cccc(-c2ccc(OCc3ccccc3CO)cc2)c1. The fourth-order valence-electron chi connectivity index (χ4n) is 2.93. The van der Waals surface area contributed by atoms with E-state index in [1.54, 1.807) is 0 Å². The molecule has 6 nitrogen and oxygen atoms in total. The summed E-state index contributed by atoms with van der Waals surface area (Å²) in [6.07, 6.45) is 0. The molecule has 0 saturated heterocycles. The predicted molar refractivity (Wildman–Crippen MR) is 115 cm³/mol. The lowest BCUT2D eigenvalue weighted by molar-refractivity contribution is 0.146. The lowest BCUT2D eigenvalue weighted by Crippen LogP contribution is -2.00. The summed E-state index contributed by atoms with van der Waals surface area (Å²) in [7, 11) is -0.943. The third kappa shape index (κ3) is 5.79. The van der Waals surface area contributed by atoms with Gasteiger partial charge in [-0.1, -0.05) is 54.6 Å². The van der Waals surface area contributed by atoms with E-state index >= 15 is 0 Å². The molecule has 0 aliphatic heterocycles. The Hall–Kier alpha value is -2.47. The van der Waals surface area contributed by atoms with Gasteiger partial charge in [-0.25, -0.2) is 4.57 Å². The molecule has 158 valence electrons. The van der Waals surface area contributed by atoms with Crippen LogP contribution in [0.5, 0.6) is 5.75 Å². The van der Waals surface area contributed by atoms with E-state index in [1.807, 2.05) is 72.8 Å². The molecule has 7 heteroatoms. The Balaban J connectivity index is 1.65. The zero-order valence-corrected chi connectivity index (χ0v) is 17.9. The number of benzene rings is 3. The number of aliphatic hydroxyl groups excluding tert-OH is 1. The second-order valence-electron chi connectivity index (χ2n) is 6.53. The molecule has 0 fully saturated rings. The van der Waals surface area contributed by atoms with E-state index in [-0.39, 0.29) is 13.2 Å². The van der Waals surface area contributed by atoms with Crippen LogP contribution in [0.25, 0.3) is 11.1 Å². The van der Waals surface area contributed by atoms with Gasteiger partial charge in [-0.2, -0.15) is 0 Å². The van der Waals surface area contributed by atoms with Gasteiger partial charge in [0.2, 0.25) is 0 Å². The largest absolute Gasteiger partial charge is 0.489 e. The smallest absolute Gasteiger partial charge is 0.474 e. The molecule has 0 spiro atoms. The van der Waals surface area contributed by atoms with Gasteiger partial charge in [0.25, 0.3) is 0 Å². The summed E-state index contributed by atoms with van der Waals surface area (Å²) in [5.41, 5.74) is 4.68. The van der Waals surface area contributed by atoms with Crippen LogP contribution in [0.4, 0.5) is 0 Å². The number of hydrogen-bond donors (Lipinski definition) is 1. The predicted octanol–water partition coefficient (Wildman–Crippen LogP) is 5.34. The molecular weight excluding hydrogens is 403 g/mol. The minimum atomic E-state index is -3.51. The summed E-state index contributed by atoms with van der Waals surface area (Å²) in [5.74, 6) is 0.743. The molecule has 0 aliphatic rings. The van der Waals surface area contributed by atoms with Crippen LogP contribution in [-0.4, -0.2) is 19.3 Å². The number of phosphoric ester groups is 1. The highest BCUT2D eigenvalue weighted by Gasteiger charge is 2.22. The Morgan fingerprint density at radius 1 is 0.800 bits per heavy atom. The van der Waals surface area contributed by atoms with Crippen LogP contribution >= 0.6 is 7.82 Å². The number of aliphatic hydroxyl groups is 1. The molecule has 0 aliphatic carbocycles. The molecule has 3 rings (SSSR count). The van der Waals surface area contributed by atoms with E-state index in [0.717, 1.165) is 33.6 Å². The standard InChI is InChI=1S/C23H25O6P/c1-26-30(25,27-2)29-16-18-6-5-9-20(14-18)19-10-12-23(13-11-19)28-17-22-8-4-3-7-21(22)15-24/h3-14,24H,15-17H2,1-2H3. The second-order valence-corrected chi connectivity index (χ2v) is 8.41. The molecule has 0 radical (unpaired) electrons. The molecule has 3 aromatic carbocycles. The van der Waals surface area contributed by atoms with Gasteiger partial charge in [-0.05, 0) is 46.0 Å². The van der Waals surface area contributed by atoms with Gasteiger partial charge in [0.1, 0.15) is 12.4 Å². The fourth-order valence-corrected chi connectivity index (χ4v) is 3.60. The van der Waals surface area contributed by atoms with Gasteiger partial charge >= 0.3 is 7.82 Å². The van der Waals surface area contributed by atoms with Crippen molar-refractivity contribution in [2.45, 2.75) is 19.8 Å². The van der Waals surface area contributed by atoms with Crippen molar-refractivity contribution in [2.75, 3.05) is 14.2 Å². The Morgan fingerprint density at radius 3 is 2.17 bits per heavy atom. The molecule has 0 aromatic heterocycles. The summed E-state index contributed by atoms with van der Waals surface area (Å²) in [4.78, 5) is 0. The highest BCUT2D eigenvalue weighted by molar-refractivity contribution is 7.48. The van der Waals surface area contributed by atoms with E-state index in [2.05, 4.69) is 0 Å². The maximum atomic E-state index is 12.0. The van der Waals surface area contributed by atoms with Crippen molar-refractivity contribution in [1.29, 1.82) is 0 Å². The molecule has 1 N–H and O–H groups in total. The van der Waals surface area contributed by atoms with Gasteiger partial charge in [0.05, 0.1) is 13.2 Å². The van der Waals surface area contributed by atoms with E-state index < -0.39 is 7.82 Å². The van der Waals surface area contributed by atoms with E-state index in [0.29, 0.717) is 6.61 Å². The Bertz CT molecular complexity index is 995. The number of phosphoric acid groups is 1. The van der Waals surface area contributed by atoms with Crippen molar-refractivity contribution in [3.8, 4) is 16.9 Å². The van der Waals surface area contributed by atoms with Crippen LogP contribution in [0.1, 0.15) is 16.7 Å². The van der Waals surface area contributed by atoms with Crippen molar-refractivity contribution in [2.24, 2.45) is 0 Å². The van der Waals surface area contributed by atoms with Crippen molar-refractivity contribution in [3.63, 3.8) is 0 Å². The summed E-state index contributed by atoms with van der Waals surface area (Å²) < 4.78 is 32.8. The van der Waals surface area contributed by atoms with Gasteiger partial charge in [0.15, 0.2) is 0 Å². The molecule has 0 atom stereocenters.